The van der Waals surface area contributed by atoms with Crippen molar-refractivity contribution in [2.24, 2.45) is 11.8 Å². The number of aliphatic hydroxyl groups excluding tert-OH is 1. The van der Waals surface area contributed by atoms with Crippen molar-refractivity contribution in [3.05, 3.63) is 24.3 Å². The van der Waals surface area contributed by atoms with Gasteiger partial charge in [0.2, 0.25) is 17.7 Å². The van der Waals surface area contributed by atoms with Crippen LogP contribution >= 0.6 is 0 Å². The summed E-state index contributed by atoms with van der Waals surface area (Å²) in [6, 6.07) is 6.59. The van der Waals surface area contributed by atoms with E-state index in [4.69, 9.17) is 14.6 Å². The Balaban J connectivity index is 1.39. The molecule has 3 aliphatic heterocycles. The zero-order valence-electron chi connectivity index (χ0n) is 24.0. The zero-order chi connectivity index (χ0) is 28.3. The molecule has 1 aromatic carbocycles. The summed E-state index contributed by atoms with van der Waals surface area (Å²) in [5.74, 6) is -1.21. The largest absolute Gasteiger partial charge is 0.494 e. The Morgan fingerprint density at radius 1 is 1.05 bits per heavy atom. The Morgan fingerprint density at radius 2 is 1.77 bits per heavy atom. The van der Waals surface area contributed by atoms with Crippen molar-refractivity contribution >= 4 is 23.4 Å². The molecule has 4 aliphatic rings. The number of ether oxygens (including phenoxy) is 2. The third-order valence-corrected chi connectivity index (χ3v) is 9.50. The van der Waals surface area contributed by atoms with Gasteiger partial charge < -0.3 is 30.1 Å². The highest BCUT2D eigenvalue weighted by Crippen LogP contribution is 2.63. The summed E-state index contributed by atoms with van der Waals surface area (Å²) in [4.78, 5) is 43.6. The Labute approximate surface area is 237 Å². The SMILES string of the molecule is CCOc1ccc(NC(=O)[C@H]2[C@H]3C(=O)N(CCCCCCO)C(C(=O)NC4CCCCC4)C34CC[C@]2(C)O4)cc1. The molecular weight excluding hydrogens is 510 g/mol. The number of unbranched alkanes of at least 4 members (excludes halogenated alkanes) is 3. The lowest BCUT2D eigenvalue weighted by atomic mass is 9.66. The summed E-state index contributed by atoms with van der Waals surface area (Å²) in [7, 11) is 0. The number of carbonyl (C=O) groups excluding carboxylic acids is 3. The third-order valence-electron chi connectivity index (χ3n) is 9.50. The maximum absolute atomic E-state index is 14.2. The number of anilines is 1. The molecule has 5 atom stereocenters. The normalized spacial score (nSPS) is 31.3. The van der Waals surface area contributed by atoms with Crippen molar-refractivity contribution in [3.8, 4) is 5.75 Å². The second-order valence-corrected chi connectivity index (χ2v) is 12.2. The van der Waals surface area contributed by atoms with E-state index in [0.717, 1.165) is 57.1 Å². The standard InChI is InChI=1S/C31H45N3O6/c1-3-39-23-15-13-22(14-16-23)32-27(36)24-25-29(38)34(19-9-4-5-10-20-35)26(31(25)18-17-30(24,2)40-31)28(37)33-21-11-7-6-8-12-21/h13-16,21,24-26,35H,3-12,17-20H2,1-2H3,(H,32,36)(H,33,37)/t24-,25+,26?,30+,31?/m1/s1. The van der Waals surface area contributed by atoms with Crippen LogP contribution in [0.1, 0.15) is 84.5 Å². The molecule has 3 heterocycles. The fourth-order valence-corrected chi connectivity index (χ4v) is 7.66. The van der Waals surface area contributed by atoms with E-state index < -0.39 is 29.1 Å². The van der Waals surface area contributed by atoms with Gasteiger partial charge in [0.25, 0.3) is 0 Å². The van der Waals surface area contributed by atoms with Crippen LogP contribution in [0.4, 0.5) is 5.69 Å². The van der Waals surface area contributed by atoms with Gasteiger partial charge in [0, 0.05) is 24.9 Å². The average molecular weight is 556 g/mol. The van der Waals surface area contributed by atoms with Gasteiger partial charge >= 0.3 is 0 Å². The third kappa shape index (κ3) is 5.34. The van der Waals surface area contributed by atoms with Gasteiger partial charge in [0.1, 0.15) is 17.4 Å². The summed E-state index contributed by atoms with van der Waals surface area (Å²) in [6.07, 6.45) is 9.68. The molecule has 1 spiro atoms. The minimum atomic E-state index is -1.00. The highest BCUT2D eigenvalue weighted by Gasteiger charge is 2.77. The zero-order valence-corrected chi connectivity index (χ0v) is 24.0. The Kier molecular flexibility index (Phi) is 8.71. The van der Waals surface area contributed by atoms with Gasteiger partial charge in [0.05, 0.1) is 24.0 Å². The van der Waals surface area contributed by atoms with Crippen molar-refractivity contribution in [1.29, 1.82) is 0 Å². The number of nitrogens with zero attached hydrogens (tertiary/aromatic N) is 1. The van der Waals surface area contributed by atoms with E-state index in [1.165, 1.54) is 6.42 Å². The van der Waals surface area contributed by atoms with Gasteiger partial charge in [-0.1, -0.05) is 32.1 Å². The fraction of sp³-hybridized carbons (Fsp3) is 0.710. The van der Waals surface area contributed by atoms with Crippen molar-refractivity contribution in [2.45, 2.75) is 108 Å². The molecule has 1 aromatic rings. The molecule has 1 saturated carbocycles. The van der Waals surface area contributed by atoms with Crippen molar-refractivity contribution in [3.63, 3.8) is 0 Å². The lowest BCUT2D eigenvalue weighted by Gasteiger charge is -2.35. The van der Waals surface area contributed by atoms with Crippen LogP contribution in [0.15, 0.2) is 24.3 Å². The van der Waals surface area contributed by atoms with E-state index in [1.807, 2.05) is 26.0 Å². The molecule has 220 valence electrons. The number of amides is 3. The first kappa shape index (κ1) is 28.9. The van der Waals surface area contributed by atoms with Gasteiger partial charge in [-0.05, 0) is 76.6 Å². The van der Waals surface area contributed by atoms with Crippen LogP contribution in [0.2, 0.25) is 0 Å². The van der Waals surface area contributed by atoms with E-state index in [0.29, 0.717) is 31.7 Å². The molecule has 0 aromatic heterocycles. The molecule has 3 amide bonds. The van der Waals surface area contributed by atoms with Crippen LogP contribution < -0.4 is 15.4 Å². The molecule has 2 unspecified atom stereocenters. The van der Waals surface area contributed by atoms with Crippen molar-refractivity contribution in [2.75, 3.05) is 25.1 Å². The van der Waals surface area contributed by atoms with Gasteiger partial charge in [-0.25, -0.2) is 0 Å². The molecule has 0 radical (unpaired) electrons. The fourth-order valence-electron chi connectivity index (χ4n) is 7.66. The monoisotopic (exact) mass is 555 g/mol. The first-order valence-corrected chi connectivity index (χ1v) is 15.3. The van der Waals surface area contributed by atoms with E-state index in [1.54, 1.807) is 17.0 Å². The molecule has 9 nitrogen and oxygen atoms in total. The molecule has 3 saturated heterocycles. The summed E-state index contributed by atoms with van der Waals surface area (Å²) in [5, 5.41) is 15.4. The average Bonchev–Trinajstić information content (AvgIpc) is 3.51. The van der Waals surface area contributed by atoms with Crippen LogP contribution in [-0.2, 0) is 19.1 Å². The van der Waals surface area contributed by atoms with Crippen molar-refractivity contribution in [1.82, 2.24) is 10.2 Å². The molecule has 2 bridgehead atoms. The van der Waals surface area contributed by atoms with Crippen molar-refractivity contribution < 1.29 is 29.0 Å². The Morgan fingerprint density at radius 3 is 2.48 bits per heavy atom. The van der Waals surface area contributed by atoms with E-state index in [9.17, 15) is 14.4 Å². The maximum atomic E-state index is 14.2. The summed E-state index contributed by atoms with van der Waals surface area (Å²) >= 11 is 0. The second kappa shape index (κ2) is 12.1. The second-order valence-electron chi connectivity index (χ2n) is 12.2. The molecular formula is C31H45N3O6. The van der Waals surface area contributed by atoms with Gasteiger partial charge in [-0.2, -0.15) is 0 Å². The summed E-state index contributed by atoms with van der Waals surface area (Å²) in [6.45, 7) is 4.99. The lowest BCUT2D eigenvalue weighted by Crippen LogP contribution is -2.57. The van der Waals surface area contributed by atoms with Crippen LogP contribution in [0, 0.1) is 11.8 Å². The van der Waals surface area contributed by atoms with Crippen LogP contribution in [0.3, 0.4) is 0 Å². The highest BCUT2D eigenvalue weighted by atomic mass is 16.5. The summed E-state index contributed by atoms with van der Waals surface area (Å²) in [5.41, 5.74) is -1.19. The quantitative estimate of drug-likeness (QED) is 0.338. The van der Waals surface area contributed by atoms with Crippen LogP contribution in [0.5, 0.6) is 5.75 Å². The van der Waals surface area contributed by atoms with Crippen LogP contribution in [-0.4, -0.2) is 70.8 Å². The smallest absolute Gasteiger partial charge is 0.246 e. The number of benzene rings is 1. The first-order valence-electron chi connectivity index (χ1n) is 15.3. The van der Waals surface area contributed by atoms with E-state index in [-0.39, 0.29) is 30.4 Å². The Bertz CT molecular complexity index is 1070. The molecule has 5 rings (SSSR count). The van der Waals surface area contributed by atoms with E-state index >= 15 is 0 Å². The van der Waals surface area contributed by atoms with Gasteiger partial charge in [0.15, 0.2) is 0 Å². The molecule has 4 fully saturated rings. The van der Waals surface area contributed by atoms with E-state index in [2.05, 4.69) is 10.6 Å². The highest BCUT2D eigenvalue weighted by molar-refractivity contribution is 6.02. The molecule has 1 aliphatic carbocycles. The van der Waals surface area contributed by atoms with Gasteiger partial charge in [-0.3, -0.25) is 14.4 Å². The minimum absolute atomic E-state index is 0.117. The number of carbonyl (C=O) groups is 3. The molecule has 3 N–H and O–H groups in total. The number of hydrogen-bond acceptors (Lipinski definition) is 6. The molecule has 9 heteroatoms. The number of likely N-dealkylation sites (tertiary alicyclic amines) is 1. The van der Waals surface area contributed by atoms with Gasteiger partial charge in [-0.15, -0.1) is 0 Å². The predicted octanol–water partition coefficient (Wildman–Crippen LogP) is 3.79. The first-order chi connectivity index (χ1) is 19.3. The number of nitrogens with one attached hydrogen (secondary N) is 2. The summed E-state index contributed by atoms with van der Waals surface area (Å²) < 4.78 is 12.2. The molecule has 40 heavy (non-hydrogen) atoms. The maximum Gasteiger partial charge on any atom is 0.246 e. The number of rotatable bonds is 12. The minimum Gasteiger partial charge on any atom is -0.494 e. The number of aliphatic hydroxyl groups is 1. The number of fused-ring (bicyclic) bond motifs is 1. The predicted molar refractivity (Wildman–Crippen MR) is 151 cm³/mol. The van der Waals surface area contributed by atoms with Crippen LogP contribution in [0.25, 0.3) is 0 Å². The topological polar surface area (TPSA) is 117 Å². The lowest BCUT2D eigenvalue weighted by molar-refractivity contribution is -0.145. The number of hydrogen-bond donors (Lipinski definition) is 3. The Hall–Kier alpha value is -2.65.